The summed E-state index contributed by atoms with van der Waals surface area (Å²) < 4.78 is 6.34. The van der Waals surface area contributed by atoms with Crippen molar-refractivity contribution in [3.8, 4) is 28.0 Å². The number of ether oxygens (including phenoxy) is 1. The molecular formula is C29H22O. The molecule has 0 aliphatic carbocycles. The van der Waals surface area contributed by atoms with Gasteiger partial charge in [-0.1, -0.05) is 78.9 Å². The summed E-state index contributed by atoms with van der Waals surface area (Å²) >= 11 is 0. The fourth-order valence-corrected chi connectivity index (χ4v) is 4.86. The summed E-state index contributed by atoms with van der Waals surface area (Å²) in [6.07, 6.45) is 0. The molecule has 0 bridgehead atoms. The van der Waals surface area contributed by atoms with Gasteiger partial charge in [-0.3, -0.25) is 0 Å². The molecule has 30 heavy (non-hydrogen) atoms. The smallest absolute Gasteiger partial charge is 0.128 e. The molecule has 0 aromatic heterocycles. The van der Waals surface area contributed by atoms with Crippen LogP contribution in [0.1, 0.15) is 16.7 Å². The van der Waals surface area contributed by atoms with Crippen LogP contribution in [0.4, 0.5) is 0 Å². The lowest BCUT2D eigenvalue weighted by Crippen LogP contribution is -1.94. The van der Waals surface area contributed by atoms with Crippen molar-refractivity contribution in [3.63, 3.8) is 0 Å². The van der Waals surface area contributed by atoms with E-state index in [1.165, 1.54) is 60.5 Å². The Morgan fingerprint density at radius 2 is 1.37 bits per heavy atom. The van der Waals surface area contributed by atoms with E-state index in [1.807, 2.05) is 0 Å². The Morgan fingerprint density at radius 3 is 2.20 bits per heavy atom. The quantitative estimate of drug-likeness (QED) is 0.267. The summed E-state index contributed by atoms with van der Waals surface area (Å²) in [6, 6.07) is 30.6. The second kappa shape index (κ2) is 6.47. The molecule has 0 spiro atoms. The van der Waals surface area contributed by atoms with Gasteiger partial charge in [-0.15, -0.1) is 0 Å². The maximum Gasteiger partial charge on any atom is 0.128 e. The first-order chi connectivity index (χ1) is 14.7. The van der Waals surface area contributed by atoms with E-state index in [9.17, 15) is 0 Å². The van der Waals surface area contributed by atoms with Gasteiger partial charge in [0.05, 0.1) is 0 Å². The van der Waals surface area contributed by atoms with Crippen LogP contribution in [0.3, 0.4) is 0 Å². The lowest BCUT2D eigenvalue weighted by atomic mass is 9.83. The van der Waals surface area contributed by atoms with Crippen LogP contribution in [0, 0.1) is 13.8 Å². The van der Waals surface area contributed by atoms with E-state index in [4.69, 9.17) is 4.74 Å². The molecule has 0 radical (unpaired) electrons. The van der Waals surface area contributed by atoms with E-state index >= 15 is 0 Å². The first-order valence-corrected chi connectivity index (χ1v) is 10.5. The SMILES string of the molecule is Cc1cc2c(-c3ccccc3)c3c4c(cccc4c2cc1C)OCc1ccccc1-3. The molecule has 1 heterocycles. The molecule has 144 valence electrons. The molecule has 5 aromatic carbocycles. The molecule has 6 rings (SSSR count). The third kappa shape index (κ3) is 2.42. The third-order valence-electron chi connectivity index (χ3n) is 6.45. The monoisotopic (exact) mass is 386 g/mol. The number of aryl methyl sites for hydroxylation is 2. The van der Waals surface area contributed by atoms with E-state index in [0.29, 0.717) is 6.61 Å². The molecule has 1 aliphatic heterocycles. The zero-order valence-corrected chi connectivity index (χ0v) is 17.2. The Balaban J connectivity index is 1.94. The molecule has 1 aliphatic rings. The van der Waals surface area contributed by atoms with Crippen molar-refractivity contribution in [1.82, 2.24) is 0 Å². The summed E-state index contributed by atoms with van der Waals surface area (Å²) in [4.78, 5) is 0. The van der Waals surface area contributed by atoms with Crippen LogP contribution >= 0.6 is 0 Å². The van der Waals surface area contributed by atoms with Gasteiger partial charge in [0.25, 0.3) is 0 Å². The van der Waals surface area contributed by atoms with Gasteiger partial charge in [0, 0.05) is 10.9 Å². The fourth-order valence-electron chi connectivity index (χ4n) is 4.86. The van der Waals surface area contributed by atoms with Crippen molar-refractivity contribution in [2.75, 3.05) is 0 Å². The summed E-state index contributed by atoms with van der Waals surface area (Å²) in [6.45, 7) is 5.00. The molecule has 0 unspecified atom stereocenters. The number of benzene rings is 5. The van der Waals surface area contributed by atoms with Gasteiger partial charge < -0.3 is 4.74 Å². The maximum absolute atomic E-state index is 6.34. The summed E-state index contributed by atoms with van der Waals surface area (Å²) in [5, 5.41) is 5.08. The van der Waals surface area contributed by atoms with E-state index in [2.05, 4.69) is 98.8 Å². The predicted molar refractivity (Wildman–Crippen MR) is 126 cm³/mol. The summed E-state index contributed by atoms with van der Waals surface area (Å²) in [7, 11) is 0. The van der Waals surface area contributed by atoms with Crippen molar-refractivity contribution >= 4 is 21.5 Å². The van der Waals surface area contributed by atoms with E-state index in [1.54, 1.807) is 0 Å². The minimum Gasteiger partial charge on any atom is -0.488 e. The molecule has 5 aromatic rings. The largest absolute Gasteiger partial charge is 0.488 e. The van der Waals surface area contributed by atoms with Crippen molar-refractivity contribution in [2.45, 2.75) is 20.5 Å². The van der Waals surface area contributed by atoms with Gasteiger partial charge in [-0.05, 0) is 69.5 Å². The highest BCUT2D eigenvalue weighted by Gasteiger charge is 2.24. The Morgan fingerprint density at radius 1 is 0.633 bits per heavy atom. The van der Waals surface area contributed by atoms with E-state index < -0.39 is 0 Å². The van der Waals surface area contributed by atoms with Crippen LogP contribution in [0.15, 0.2) is 84.9 Å². The van der Waals surface area contributed by atoms with E-state index in [-0.39, 0.29) is 0 Å². The predicted octanol–water partition coefficient (Wildman–Crippen LogP) is 7.84. The second-order valence-electron chi connectivity index (χ2n) is 8.22. The topological polar surface area (TPSA) is 9.23 Å². The molecule has 0 amide bonds. The standard InChI is InChI=1S/C29H22O/c1-18-15-24-23-13-8-14-26-28(23)29(22-12-7-6-11-21(22)17-30-26)27(25(24)16-19(18)2)20-9-4-3-5-10-20/h3-16H,17H2,1-2H3. The van der Waals surface area contributed by atoms with Gasteiger partial charge in [-0.2, -0.15) is 0 Å². The first kappa shape index (κ1) is 17.3. The zero-order valence-electron chi connectivity index (χ0n) is 17.2. The average Bonchev–Trinajstić information content (AvgIpc) is 2.94. The van der Waals surface area contributed by atoms with Gasteiger partial charge in [0.2, 0.25) is 0 Å². The van der Waals surface area contributed by atoms with Crippen LogP contribution in [-0.2, 0) is 6.61 Å². The molecule has 0 N–H and O–H groups in total. The molecule has 0 saturated carbocycles. The van der Waals surface area contributed by atoms with Crippen LogP contribution in [0.2, 0.25) is 0 Å². The molecule has 0 saturated heterocycles. The lowest BCUT2D eigenvalue weighted by molar-refractivity contribution is 0.312. The zero-order chi connectivity index (χ0) is 20.2. The normalized spacial score (nSPS) is 12.5. The Hall–Kier alpha value is -3.58. The van der Waals surface area contributed by atoms with Crippen molar-refractivity contribution in [2.24, 2.45) is 0 Å². The first-order valence-electron chi connectivity index (χ1n) is 10.5. The molecule has 0 fully saturated rings. The van der Waals surface area contributed by atoms with Crippen LogP contribution in [-0.4, -0.2) is 0 Å². The third-order valence-corrected chi connectivity index (χ3v) is 6.45. The van der Waals surface area contributed by atoms with Gasteiger partial charge >= 0.3 is 0 Å². The highest BCUT2D eigenvalue weighted by molar-refractivity contribution is 6.23. The summed E-state index contributed by atoms with van der Waals surface area (Å²) in [5.41, 5.74) is 8.97. The Kier molecular flexibility index (Phi) is 3.73. The minimum absolute atomic E-state index is 0.590. The fraction of sp³-hybridized carbons (Fsp3) is 0.103. The van der Waals surface area contributed by atoms with Gasteiger partial charge in [0.1, 0.15) is 12.4 Å². The Labute approximate surface area is 176 Å². The van der Waals surface area contributed by atoms with Crippen molar-refractivity contribution in [3.05, 3.63) is 102 Å². The highest BCUT2D eigenvalue weighted by atomic mass is 16.5. The molecule has 1 heteroatoms. The van der Waals surface area contributed by atoms with Gasteiger partial charge in [-0.25, -0.2) is 0 Å². The lowest BCUT2D eigenvalue weighted by Gasteiger charge is -2.20. The summed E-state index contributed by atoms with van der Waals surface area (Å²) in [5.74, 6) is 0.969. The highest BCUT2D eigenvalue weighted by Crippen LogP contribution is 2.49. The van der Waals surface area contributed by atoms with Crippen LogP contribution in [0.25, 0.3) is 43.8 Å². The van der Waals surface area contributed by atoms with Crippen molar-refractivity contribution in [1.29, 1.82) is 0 Å². The van der Waals surface area contributed by atoms with Crippen LogP contribution in [0.5, 0.6) is 5.75 Å². The van der Waals surface area contributed by atoms with Crippen LogP contribution < -0.4 is 4.74 Å². The molecule has 0 atom stereocenters. The molecule has 1 nitrogen and oxygen atoms in total. The number of rotatable bonds is 1. The Bertz CT molecular complexity index is 1440. The van der Waals surface area contributed by atoms with Crippen molar-refractivity contribution < 1.29 is 4.74 Å². The number of hydrogen-bond donors (Lipinski definition) is 0. The maximum atomic E-state index is 6.34. The van der Waals surface area contributed by atoms with Gasteiger partial charge in [0.15, 0.2) is 0 Å². The average molecular weight is 386 g/mol. The number of fused-ring (bicyclic) bond motifs is 4. The second-order valence-corrected chi connectivity index (χ2v) is 8.22. The number of hydrogen-bond acceptors (Lipinski definition) is 1. The minimum atomic E-state index is 0.590. The molecular weight excluding hydrogens is 364 g/mol. The van der Waals surface area contributed by atoms with E-state index in [0.717, 1.165) is 5.75 Å².